The molecule has 0 spiro atoms. The number of fused-ring (bicyclic) bond motifs is 1. The topological polar surface area (TPSA) is 51.1 Å². The second-order valence-electron chi connectivity index (χ2n) is 7.30. The average molecular weight is 463 g/mol. The highest BCUT2D eigenvalue weighted by Gasteiger charge is 2.31. The normalized spacial score (nSPS) is 16.2. The van der Waals surface area contributed by atoms with Crippen LogP contribution < -0.4 is 4.74 Å². The predicted octanol–water partition coefficient (Wildman–Crippen LogP) is 5.82. The zero-order valence-corrected chi connectivity index (χ0v) is 18.8. The smallest absolute Gasteiger partial charge is 0.491 e. The summed E-state index contributed by atoms with van der Waals surface area (Å²) in [7, 11) is 0. The molecule has 0 bridgehead atoms. The maximum atomic E-state index is 13.1. The molecule has 1 atom stereocenters. The van der Waals surface area contributed by atoms with E-state index in [1.54, 1.807) is 35.4 Å². The fraction of sp³-hybridized carbons (Fsp3) is 0.360. The van der Waals surface area contributed by atoms with Crippen molar-refractivity contribution in [3.8, 4) is 5.75 Å². The summed E-state index contributed by atoms with van der Waals surface area (Å²) in [5.74, 6) is -0.247. The number of hydrogen-bond acceptors (Lipinski definition) is 4. The number of nitrogens with zero attached hydrogens (tertiary/aromatic N) is 2. The summed E-state index contributed by atoms with van der Waals surface area (Å²) in [6.45, 7) is 8.98. The van der Waals surface area contributed by atoms with Crippen LogP contribution in [0, 0.1) is 0 Å². The molecule has 1 aliphatic heterocycles. The van der Waals surface area contributed by atoms with Gasteiger partial charge in [0, 0.05) is 12.8 Å². The van der Waals surface area contributed by atoms with Crippen molar-refractivity contribution in [2.75, 3.05) is 26.2 Å². The van der Waals surface area contributed by atoms with E-state index < -0.39 is 6.36 Å². The van der Waals surface area contributed by atoms with Gasteiger partial charge in [-0.05, 0) is 55.2 Å². The second kappa shape index (κ2) is 12.7. The van der Waals surface area contributed by atoms with E-state index in [4.69, 9.17) is 4.74 Å². The summed E-state index contributed by atoms with van der Waals surface area (Å²) in [5, 5.41) is 0. The SMILES string of the molecule is C=CC/C=C(\C=C/C(C)c1ccc2c(c1)C(=O)N(CCN=C/C=C\C)CCO2)OC(F)(F)F. The Kier molecular flexibility index (Phi) is 9.97. The third-order valence-corrected chi connectivity index (χ3v) is 4.82. The van der Waals surface area contributed by atoms with Gasteiger partial charge in [0.15, 0.2) is 0 Å². The monoisotopic (exact) mass is 462 g/mol. The fourth-order valence-corrected chi connectivity index (χ4v) is 3.10. The Balaban J connectivity index is 2.18. The zero-order chi connectivity index (χ0) is 24.3. The van der Waals surface area contributed by atoms with E-state index >= 15 is 0 Å². The van der Waals surface area contributed by atoms with Gasteiger partial charge in [-0.2, -0.15) is 0 Å². The molecule has 0 radical (unpaired) electrons. The van der Waals surface area contributed by atoms with Gasteiger partial charge in [-0.25, -0.2) is 0 Å². The van der Waals surface area contributed by atoms with Gasteiger partial charge in [-0.15, -0.1) is 19.8 Å². The molecule has 0 saturated heterocycles. The molecular formula is C25H29F3N2O3. The molecule has 0 saturated carbocycles. The lowest BCUT2D eigenvalue weighted by Crippen LogP contribution is -2.34. The molecule has 1 aromatic carbocycles. The van der Waals surface area contributed by atoms with Crippen LogP contribution in [0.25, 0.3) is 0 Å². The summed E-state index contributed by atoms with van der Waals surface area (Å²) < 4.78 is 47.7. The van der Waals surface area contributed by atoms with Gasteiger partial charge < -0.3 is 14.4 Å². The van der Waals surface area contributed by atoms with Gasteiger partial charge in [0.2, 0.25) is 0 Å². The maximum Gasteiger partial charge on any atom is 0.573 e. The lowest BCUT2D eigenvalue weighted by Gasteiger charge is -2.19. The molecule has 8 heteroatoms. The first kappa shape index (κ1) is 26.0. The number of alkyl halides is 3. The molecule has 2 rings (SSSR count). The van der Waals surface area contributed by atoms with Crippen LogP contribution in [0.5, 0.6) is 5.75 Å². The third-order valence-electron chi connectivity index (χ3n) is 4.82. The summed E-state index contributed by atoms with van der Waals surface area (Å²) in [5.41, 5.74) is 1.20. The standard InChI is InChI=1S/C25H29F3N2O3/c1-4-6-8-21(33-25(26,27)28)11-9-19(3)20-10-12-23-22(18-20)24(31)30(16-17-32-23)15-14-29-13-7-5-2/h4-5,7-13,18-19H,1,6,14-17H2,2-3H3/b7-5-,11-9-,21-8+,29-13?. The number of carbonyl (C=O) groups excluding carboxylic acids is 1. The zero-order valence-electron chi connectivity index (χ0n) is 18.8. The molecule has 1 heterocycles. The molecule has 178 valence electrons. The van der Waals surface area contributed by atoms with E-state index in [0.29, 0.717) is 37.6 Å². The second-order valence-corrected chi connectivity index (χ2v) is 7.30. The summed E-state index contributed by atoms with van der Waals surface area (Å²) in [6, 6.07) is 5.25. The van der Waals surface area contributed by atoms with Crippen molar-refractivity contribution in [2.24, 2.45) is 4.99 Å². The molecule has 0 aromatic heterocycles. The minimum absolute atomic E-state index is 0.159. The number of hydrogen-bond donors (Lipinski definition) is 0. The van der Waals surface area contributed by atoms with Crippen molar-refractivity contribution in [2.45, 2.75) is 32.5 Å². The summed E-state index contributed by atoms with van der Waals surface area (Å²) in [6.07, 6.45) is 6.49. The minimum Gasteiger partial charge on any atom is -0.491 e. The van der Waals surface area contributed by atoms with E-state index in [9.17, 15) is 18.0 Å². The minimum atomic E-state index is -4.78. The van der Waals surface area contributed by atoms with Crippen LogP contribution in [0.1, 0.15) is 42.1 Å². The number of allylic oxidation sites excluding steroid dienone is 6. The number of amides is 1. The Morgan fingerprint density at radius 1 is 1.39 bits per heavy atom. The van der Waals surface area contributed by atoms with Gasteiger partial charge in [-0.1, -0.05) is 31.2 Å². The highest BCUT2D eigenvalue weighted by molar-refractivity contribution is 5.97. The van der Waals surface area contributed by atoms with Crippen LogP contribution in [0.15, 0.2) is 72.0 Å². The average Bonchev–Trinajstić information content (AvgIpc) is 2.93. The molecular weight excluding hydrogens is 433 g/mol. The number of benzene rings is 1. The van der Waals surface area contributed by atoms with Crippen molar-refractivity contribution >= 4 is 12.1 Å². The third kappa shape index (κ3) is 8.63. The quantitative estimate of drug-likeness (QED) is 0.190. The summed E-state index contributed by atoms with van der Waals surface area (Å²) in [4.78, 5) is 19.0. The Morgan fingerprint density at radius 3 is 2.88 bits per heavy atom. The highest BCUT2D eigenvalue weighted by Crippen LogP contribution is 2.29. The number of carbonyl (C=O) groups is 1. The molecule has 0 N–H and O–H groups in total. The largest absolute Gasteiger partial charge is 0.573 e. The van der Waals surface area contributed by atoms with E-state index in [2.05, 4.69) is 16.3 Å². The molecule has 0 fully saturated rings. The first-order valence-corrected chi connectivity index (χ1v) is 10.7. The maximum absolute atomic E-state index is 13.1. The molecule has 1 aliphatic rings. The first-order chi connectivity index (χ1) is 15.7. The van der Waals surface area contributed by atoms with Crippen LogP contribution in [0.4, 0.5) is 13.2 Å². The van der Waals surface area contributed by atoms with E-state index in [1.165, 1.54) is 18.2 Å². The first-order valence-electron chi connectivity index (χ1n) is 10.7. The molecule has 1 amide bonds. The van der Waals surface area contributed by atoms with Crippen LogP contribution in [-0.2, 0) is 4.74 Å². The Bertz CT molecular complexity index is 933. The van der Waals surface area contributed by atoms with E-state index in [0.717, 1.165) is 5.56 Å². The molecule has 5 nitrogen and oxygen atoms in total. The van der Waals surface area contributed by atoms with Crippen molar-refractivity contribution in [3.05, 3.63) is 78.1 Å². The molecule has 1 unspecified atom stereocenters. The van der Waals surface area contributed by atoms with E-state index in [-0.39, 0.29) is 24.0 Å². The number of rotatable bonds is 10. The lowest BCUT2D eigenvalue weighted by atomic mass is 9.97. The van der Waals surface area contributed by atoms with Crippen molar-refractivity contribution in [3.63, 3.8) is 0 Å². The number of aliphatic imine (C=N–C) groups is 1. The number of halogens is 3. The van der Waals surface area contributed by atoms with Crippen molar-refractivity contribution in [1.82, 2.24) is 4.90 Å². The van der Waals surface area contributed by atoms with Crippen molar-refractivity contribution in [1.29, 1.82) is 0 Å². The molecule has 0 aliphatic carbocycles. The van der Waals surface area contributed by atoms with Gasteiger partial charge >= 0.3 is 6.36 Å². The summed E-state index contributed by atoms with van der Waals surface area (Å²) >= 11 is 0. The van der Waals surface area contributed by atoms with Crippen molar-refractivity contribution < 1.29 is 27.4 Å². The van der Waals surface area contributed by atoms with Gasteiger partial charge in [0.1, 0.15) is 18.1 Å². The Hall–Kier alpha value is -3.29. The van der Waals surface area contributed by atoms with Gasteiger partial charge in [0.25, 0.3) is 5.91 Å². The van der Waals surface area contributed by atoms with Gasteiger partial charge in [-0.3, -0.25) is 9.79 Å². The highest BCUT2D eigenvalue weighted by atomic mass is 19.4. The van der Waals surface area contributed by atoms with Crippen LogP contribution in [0.2, 0.25) is 0 Å². The van der Waals surface area contributed by atoms with Crippen LogP contribution in [-0.4, -0.2) is 49.6 Å². The Labute approximate surface area is 192 Å². The van der Waals surface area contributed by atoms with Crippen LogP contribution >= 0.6 is 0 Å². The lowest BCUT2D eigenvalue weighted by molar-refractivity contribution is -0.303. The number of ether oxygens (including phenoxy) is 2. The van der Waals surface area contributed by atoms with E-state index in [1.807, 2.05) is 26.0 Å². The molecule has 1 aromatic rings. The van der Waals surface area contributed by atoms with Gasteiger partial charge in [0.05, 0.1) is 18.7 Å². The molecule has 33 heavy (non-hydrogen) atoms. The Morgan fingerprint density at radius 2 is 2.18 bits per heavy atom. The predicted molar refractivity (Wildman–Crippen MR) is 124 cm³/mol. The van der Waals surface area contributed by atoms with Crippen LogP contribution in [0.3, 0.4) is 0 Å². The fourth-order valence-electron chi connectivity index (χ4n) is 3.10.